The summed E-state index contributed by atoms with van der Waals surface area (Å²) in [5.41, 5.74) is 5.51. The zero-order valence-corrected chi connectivity index (χ0v) is 12.6. The Labute approximate surface area is 124 Å². The maximum Gasteiger partial charge on any atom is 0.233 e. The highest BCUT2D eigenvalue weighted by Gasteiger charge is 2.48. The van der Waals surface area contributed by atoms with Crippen LogP contribution in [0.5, 0.6) is 0 Å². The zero-order chi connectivity index (χ0) is 14.8. The monoisotopic (exact) mass is 297 g/mol. The fourth-order valence-electron chi connectivity index (χ4n) is 3.26. The van der Waals surface area contributed by atoms with E-state index in [0.717, 1.165) is 32.2 Å². The topological polar surface area (TPSA) is 89.9 Å². The van der Waals surface area contributed by atoms with Crippen LogP contribution in [0.4, 0.5) is 0 Å². The minimum absolute atomic E-state index is 0.0884. The average Bonchev–Trinajstić information content (AvgIpc) is 3.08. The minimum Gasteiger partial charge on any atom is -0.424 e. The van der Waals surface area contributed by atoms with Crippen molar-refractivity contribution in [2.24, 2.45) is 5.73 Å². The predicted octanol–water partition coefficient (Wildman–Crippen LogP) is 0.273. The number of aryl methyl sites for hydroxylation is 1. The molecule has 8 heteroatoms. The smallest absolute Gasteiger partial charge is 0.233 e. The molecule has 2 aliphatic heterocycles. The van der Waals surface area contributed by atoms with Gasteiger partial charge in [0.1, 0.15) is 0 Å². The van der Waals surface area contributed by atoms with E-state index < -0.39 is 0 Å². The number of nitrogens with two attached hydrogens (primary N) is 1. The molecule has 0 saturated carbocycles. The van der Waals surface area contributed by atoms with Crippen LogP contribution < -0.4 is 5.73 Å². The van der Waals surface area contributed by atoms with E-state index in [-0.39, 0.29) is 12.4 Å². The first kappa shape index (κ1) is 14.9. The largest absolute Gasteiger partial charge is 0.424 e. The Morgan fingerprint density at radius 2 is 2.19 bits per heavy atom. The summed E-state index contributed by atoms with van der Waals surface area (Å²) in [7, 11) is 3.37. The maximum atomic E-state index is 5.80. The van der Waals surface area contributed by atoms with Gasteiger partial charge in [-0.3, -0.25) is 9.74 Å². The van der Waals surface area contributed by atoms with Crippen LogP contribution in [-0.4, -0.2) is 59.9 Å². The highest BCUT2D eigenvalue weighted by Crippen LogP contribution is 2.40. The lowest BCUT2D eigenvalue weighted by Gasteiger charge is -2.30. The third-order valence-corrected chi connectivity index (χ3v) is 4.24. The van der Waals surface area contributed by atoms with Gasteiger partial charge in [-0.1, -0.05) is 0 Å². The molecule has 2 fully saturated rings. The van der Waals surface area contributed by atoms with Crippen molar-refractivity contribution in [3.8, 4) is 0 Å². The number of rotatable bonds is 6. The Bertz CT molecular complexity index is 468. The molecule has 2 N–H and O–H groups in total. The number of fused-ring (bicyclic) bond motifs is 2. The molecule has 8 nitrogen and oxygen atoms in total. The van der Waals surface area contributed by atoms with Crippen LogP contribution >= 0.6 is 0 Å². The number of hydroxylamine groups is 2. The molecule has 2 saturated heterocycles. The summed E-state index contributed by atoms with van der Waals surface area (Å²) >= 11 is 0. The van der Waals surface area contributed by atoms with Gasteiger partial charge in [0.2, 0.25) is 11.8 Å². The lowest BCUT2D eigenvalue weighted by atomic mass is 10.0. The van der Waals surface area contributed by atoms with Crippen LogP contribution in [0.1, 0.15) is 37.1 Å². The average molecular weight is 297 g/mol. The Morgan fingerprint density at radius 1 is 1.33 bits per heavy atom. The molecule has 1 aromatic heterocycles. The minimum atomic E-state index is -0.202. The molecule has 3 rings (SSSR count). The Morgan fingerprint density at radius 3 is 2.90 bits per heavy atom. The van der Waals surface area contributed by atoms with Crippen LogP contribution in [0.2, 0.25) is 0 Å². The van der Waals surface area contributed by atoms with Gasteiger partial charge < -0.3 is 14.9 Å². The van der Waals surface area contributed by atoms with E-state index in [0.29, 0.717) is 24.4 Å². The highest BCUT2D eigenvalue weighted by atomic mass is 16.7. The van der Waals surface area contributed by atoms with Gasteiger partial charge in [0.15, 0.2) is 6.35 Å². The van der Waals surface area contributed by atoms with Crippen LogP contribution in [0.3, 0.4) is 0 Å². The second-order valence-corrected chi connectivity index (χ2v) is 5.47. The van der Waals surface area contributed by atoms with Crippen molar-refractivity contribution in [1.29, 1.82) is 0 Å². The van der Waals surface area contributed by atoms with E-state index in [1.54, 1.807) is 14.2 Å². The molecular formula is C13H23N5O3. The zero-order valence-electron chi connectivity index (χ0n) is 12.6. The molecule has 21 heavy (non-hydrogen) atoms. The lowest BCUT2D eigenvalue weighted by molar-refractivity contribution is -0.252. The maximum absolute atomic E-state index is 5.80. The van der Waals surface area contributed by atoms with Crippen molar-refractivity contribution in [3.63, 3.8) is 0 Å². The SMILES string of the molecule is COC1N2CC(CCC2c2nnc(CCCN)o2)N1OC. The third-order valence-electron chi connectivity index (χ3n) is 4.24. The summed E-state index contributed by atoms with van der Waals surface area (Å²) in [4.78, 5) is 7.68. The van der Waals surface area contributed by atoms with Crippen LogP contribution in [0.15, 0.2) is 4.42 Å². The van der Waals surface area contributed by atoms with Crippen molar-refractivity contribution in [2.45, 2.75) is 44.1 Å². The summed E-state index contributed by atoms with van der Waals surface area (Å²) in [6.07, 6.45) is 3.37. The summed E-state index contributed by atoms with van der Waals surface area (Å²) in [5.74, 6) is 1.33. The molecule has 0 aromatic carbocycles. The molecule has 1 aromatic rings. The second kappa shape index (κ2) is 6.37. The number of nitrogens with zero attached hydrogens (tertiary/aromatic N) is 4. The molecule has 118 valence electrons. The van der Waals surface area contributed by atoms with E-state index in [4.69, 9.17) is 19.7 Å². The van der Waals surface area contributed by atoms with Gasteiger partial charge in [-0.15, -0.1) is 15.3 Å². The number of piperidine rings is 1. The van der Waals surface area contributed by atoms with Crippen molar-refractivity contribution in [2.75, 3.05) is 27.3 Å². The van der Waals surface area contributed by atoms with Gasteiger partial charge in [0.05, 0.1) is 19.2 Å². The molecule has 4 unspecified atom stereocenters. The third kappa shape index (κ3) is 2.69. The number of hydrogen-bond acceptors (Lipinski definition) is 8. The molecule has 3 heterocycles. The second-order valence-electron chi connectivity index (χ2n) is 5.47. The molecule has 0 amide bonds. The van der Waals surface area contributed by atoms with Gasteiger partial charge in [-0.05, 0) is 25.8 Å². The quantitative estimate of drug-likeness (QED) is 0.800. The van der Waals surface area contributed by atoms with E-state index >= 15 is 0 Å². The lowest BCUT2D eigenvalue weighted by Crippen LogP contribution is -2.41. The van der Waals surface area contributed by atoms with Crippen molar-refractivity contribution < 1.29 is 14.0 Å². The van der Waals surface area contributed by atoms with E-state index in [2.05, 4.69) is 15.1 Å². The molecule has 0 radical (unpaired) electrons. The van der Waals surface area contributed by atoms with E-state index in [1.165, 1.54) is 0 Å². The first-order valence-electron chi connectivity index (χ1n) is 7.41. The number of ether oxygens (including phenoxy) is 1. The van der Waals surface area contributed by atoms with Gasteiger partial charge in [0.25, 0.3) is 0 Å². The van der Waals surface area contributed by atoms with E-state index in [9.17, 15) is 0 Å². The van der Waals surface area contributed by atoms with E-state index in [1.807, 2.05) is 5.06 Å². The summed E-state index contributed by atoms with van der Waals surface area (Å²) in [6, 6.07) is 0.446. The van der Waals surface area contributed by atoms with Gasteiger partial charge >= 0.3 is 0 Å². The Hall–Kier alpha value is -1.06. The first-order chi connectivity index (χ1) is 10.3. The fraction of sp³-hybridized carbons (Fsp3) is 0.846. The standard InChI is InChI=1S/C13H23N5O3/c1-19-13-17-8-9(18(13)20-2)5-6-10(17)12-16-15-11(21-12)4-3-7-14/h9-10,13H,3-8,14H2,1-2H3. The molecule has 0 aliphatic carbocycles. The fourth-order valence-corrected chi connectivity index (χ4v) is 3.26. The molecule has 2 aliphatic rings. The summed E-state index contributed by atoms with van der Waals surface area (Å²) in [6.45, 7) is 1.51. The molecular weight excluding hydrogens is 274 g/mol. The Balaban J connectivity index is 1.75. The van der Waals surface area contributed by atoms with Gasteiger partial charge in [-0.25, -0.2) is 0 Å². The van der Waals surface area contributed by atoms with Crippen molar-refractivity contribution in [3.05, 3.63) is 11.8 Å². The molecule has 2 bridgehead atoms. The Kier molecular flexibility index (Phi) is 4.51. The van der Waals surface area contributed by atoms with Gasteiger partial charge in [0, 0.05) is 20.1 Å². The normalized spacial score (nSPS) is 32.7. The summed E-state index contributed by atoms with van der Waals surface area (Å²) in [5, 5.41) is 10.2. The first-order valence-corrected chi connectivity index (χ1v) is 7.41. The van der Waals surface area contributed by atoms with Crippen LogP contribution in [0, 0.1) is 0 Å². The number of methoxy groups -OCH3 is 1. The van der Waals surface area contributed by atoms with Crippen molar-refractivity contribution >= 4 is 0 Å². The van der Waals surface area contributed by atoms with Gasteiger partial charge in [-0.2, -0.15) is 0 Å². The predicted molar refractivity (Wildman–Crippen MR) is 73.8 cm³/mol. The molecule has 0 spiro atoms. The highest BCUT2D eigenvalue weighted by molar-refractivity contribution is 5.00. The number of hydrogen-bond donors (Lipinski definition) is 1. The van der Waals surface area contributed by atoms with Crippen molar-refractivity contribution in [1.82, 2.24) is 20.2 Å². The van der Waals surface area contributed by atoms with Crippen LogP contribution in [0.25, 0.3) is 0 Å². The van der Waals surface area contributed by atoms with Crippen LogP contribution in [-0.2, 0) is 16.0 Å². The number of aromatic nitrogens is 2. The molecule has 4 atom stereocenters. The summed E-state index contributed by atoms with van der Waals surface area (Å²) < 4.78 is 11.4.